The molecule has 0 N–H and O–H groups in total. The van der Waals surface area contributed by atoms with E-state index in [0.717, 1.165) is 5.56 Å². The fourth-order valence-corrected chi connectivity index (χ4v) is 3.47. The molecule has 2 aromatic rings. The normalized spacial score (nSPS) is 22.8. The highest BCUT2D eigenvalue weighted by Crippen LogP contribution is 2.26. The van der Waals surface area contributed by atoms with Crippen molar-refractivity contribution in [3.05, 3.63) is 66.0 Å². The third-order valence-corrected chi connectivity index (χ3v) is 4.75. The zero-order chi connectivity index (χ0) is 17.2. The zero-order valence-electron chi connectivity index (χ0n) is 13.7. The lowest BCUT2D eigenvalue weighted by Crippen LogP contribution is -2.53. The van der Waals surface area contributed by atoms with Crippen LogP contribution >= 0.6 is 0 Å². The number of nitrogens with zero attached hydrogens (tertiary/aromatic N) is 3. The predicted octanol–water partition coefficient (Wildman–Crippen LogP) is 1.33. The molecule has 0 unspecified atom stereocenters. The van der Waals surface area contributed by atoms with Crippen molar-refractivity contribution in [2.45, 2.75) is 18.7 Å². The summed E-state index contributed by atoms with van der Waals surface area (Å²) >= 11 is 0. The van der Waals surface area contributed by atoms with Gasteiger partial charge in [0.05, 0.1) is 12.1 Å². The molecule has 2 aliphatic heterocycles. The lowest BCUT2D eigenvalue weighted by Gasteiger charge is -2.36. The van der Waals surface area contributed by atoms with E-state index in [1.165, 1.54) is 0 Å². The molecule has 1 aromatic heterocycles. The van der Waals surface area contributed by atoms with Crippen LogP contribution in [0.2, 0.25) is 0 Å². The summed E-state index contributed by atoms with van der Waals surface area (Å²) < 4.78 is 5.69. The van der Waals surface area contributed by atoms with Crippen molar-refractivity contribution in [3.63, 3.8) is 0 Å². The van der Waals surface area contributed by atoms with E-state index in [9.17, 15) is 9.59 Å². The second-order valence-corrected chi connectivity index (χ2v) is 6.35. The van der Waals surface area contributed by atoms with E-state index in [1.807, 2.05) is 35.2 Å². The van der Waals surface area contributed by atoms with Crippen LogP contribution in [-0.4, -0.2) is 58.4 Å². The second kappa shape index (κ2) is 6.64. The highest BCUT2D eigenvalue weighted by molar-refractivity contribution is 5.92. The lowest BCUT2D eigenvalue weighted by atomic mass is 10.1. The zero-order valence-corrected chi connectivity index (χ0v) is 13.7. The van der Waals surface area contributed by atoms with Crippen LogP contribution < -0.4 is 0 Å². The van der Waals surface area contributed by atoms with Gasteiger partial charge in [-0.15, -0.1) is 0 Å². The van der Waals surface area contributed by atoms with Crippen LogP contribution in [0.15, 0.2) is 54.7 Å². The largest absolute Gasteiger partial charge is 0.364 e. The summed E-state index contributed by atoms with van der Waals surface area (Å²) in [6, 6.07) is 15.1. The number of hydrogen-bond acceptors (Lipinski definition) is 4. The van der Waals surface area contributed by atoms with Gasteiger partial charge in [0.25, 0.3) is 5.91 Å². The maximum atomic E-state index is 12.6. The molecular weight excluding hydrogens is 318 g/mol. The summed E-state index contributed by atoms with van der Waals surface area (Å²) in [7, 11) is 0. The van der Waals surface area contributed by atoms with Gasteiger partial charge in [0, 0.05) is 25.8 Å². The summed E-state index contributed by atoms with van der Waals surface area (Å²) in [5.74, 6) is -0.150. The van der Waals surface area contributed by atoms with Gasteiger partial charge >= 0.3 is 0 Å². The Bertz CT molecular complexity index is 766. The van der Waals surface area contributed by atoms with Crippen LogP contribution in [0, 0.1) is 0 Å². The van der Waals surface area contributed by atoms with Gasteiger partial charge in [0.2, 0.25) is 5.91 Å². The molecule has 2 aliphatic rings. The maximum Gasteiger partial charge on any atom is 0.272 e. The number of ether oxygens (including phenoxy) is 1. The predicted molar refractivity (Wildman–Crippen MR) is 90.7 cm³/mol. The molecular formula is C19H19N3O3. The number of hydrogen-bond donors (Lipinski definition) is 0. The molecule has 25 heavy (non-hydrogen) atoms. The number of carbonyl (C=O) groups is 2. The maximum absolute atomic E-state index is 12.6. The number of benzene rings is 1. The minimum Gasteiger partial charge on any atom is -0.364 e. The Kier molecular flexibility index (Phi) is 4.19. The van der Waals surface area contributed by atoms with E-state index < -0.39 is 0 Å². The minimum absolute atomic E-state index is 0.0303. The summed E-state index contributed by atoms with van der Waals surface area (Å²) in [5, 5.41) is 0. The highest BCUT2D eigenvalue weighted by atomic mass is 16.5. The van der Waals surface area contributed by atoms with Gasteiger partial charge in [0.15, 0.2) is 0 Å². The number of morpholine rings is 1. The van der Waals surface area contributed by atoms with Gasteiger partial charge < -0.3 is 14.5 Å². The molecule has 0 spiro atoms. The molecule has 128 valence electrons. The first-order valence-electron chi connectivity index (χ1n) is 8.37. The van der Waals surface area contributed by atoms with Crippen molar-refractivity contribution in [2.75, 3.05) is 19.7 Å². The van der Waals surface area contributed by atoms with Crippen molar-refractivity contribution in [3.8, 4) is 0 Å². The molecule has 2 amide bonds. The summed E-state index contributed by atoms with van der Waals surface area (Å²) in [6.45, 7) is 1.56. The van der Waals surface area contributed by atoms with E-state index in [-0.39, 0.29) is 30.6 Å². The van der Waals surface area contributed by atoms with Crippen LogP contribution in [0.25, 0.3) is 0 Å². The van der Waals surface area contributed by atoms with E-state index in [0.29, 0.717) is 25.3 Å². The Balaban J connectivity index is 1.52. The smallest absolute Gasteiger partial charge is 0.272 e. The molecule has 6 nitrogen and oxygen atoms in total. The fraction of sp³-hybridized carbons (Fsp3) is 0.316. The Morgan fingerprint density at radius 2 is 1.92 bits per heavy atom. The molecule has 0 radical (unpaired) electrons. The summed E-state index contributed by atoms with van der Waals surface area (Å²) in [4.78, 5) is 32.7. The van der Waals surface area contributed by atoms with E-state index >= 15 is 0 Å². The van der Waals surface area contributed by atoms with Crippen LogP contribution in [0.4, 0.5) is 0 Å². The summed E-state index contributed by atoms with van der Waals surface area (Å²) in [6.07, 6.45) is 1.46. The number of pyridine rings is 1. The molecule has 2 fully saturated rings. The number of amides is 2. The van der Waals surface area contributed by atoms with Crippen molar-refractivity contribution < 1.29 is 14.3 Å². The molecule has 0 bridgehead atoms. The quantitative estimate of drug-likeness (QED) is 0.848. The topological polar surface area (TPSA) is 62.7 Å². The van der Waals surface area contributed by atoms with Gasteiger partial charge in [0.1, 0.15) is 12.3 Å². The average molecular weight is 337 g/mol. The van der Waals surface area contributed by atoms with E-state index in [1.54, 1.807) is 29.3 Å². The van der Waals surface area contributed by atoms with Gasteiger partial charge in [-0.2, -0.15) is 0 Å². The number of likely N-dealkylation sites (tertiary alicyclic amines) is 1. The Morgan fingerprint density at radius 1 is 1.12 bits per heavy atom. The molecule has 3 heterocycles. The first-order chi connectivity index (χ1) is 12.2. The van der Waals surface area contributed by atoms with Crippen molar-refractivity contribution in [1.29, 1.82) is 0 Å². The first-order valence-corrected chi connectivity index (χ1v) is 8.37. The van der Waals surface area contributed by atoms with E-state index in [2.05, 4.69) is 4.98 Å². The molecule has 2 atom stereocenters. The number of aromatic nitrogens is 1. The SMILES string of the molecule is O=C(c1ccccn1)N1C[C@@H]2OCC(=O)N(Cc3ccccc3)[C@@H]2C1. The van der Waals surface area contributed by atoms with Crippen molar-refractivity contribution in [1.82, 2.24) is 14.8 Å². The molecule has 1 aromatic carbocycles. The number of carbonyl (C=O) groups excluding carboxylic acids is 2. The van der Waals surface area contributed by atoms with Crippen molar-refractivity contribution >= 4 is 11.8 Å². The Morgan fingerprint density at radius 3 is 2.68 bits per heavy atom. The third-order valence-electron chi connectivity index (χ3n) is 4.75. The number of fused-ring (bicyclic) bond motifs is 1. The monoisotopic (exact) mass is 337 g/mol. The van der Waals surface area contributed by atoms with E-state index in [4.69, 9.17) is 4.74 Å². The van der Waals surface area contributed by atoms with Crippen molar-refractivity contribution in [2.24, 2.45) is 0 Å². The Labute approximate surface area is 146 Å². The second-order valence-electron chi connectivity index (χ2n) is 6.35. The molecule has 4 rings (SSSR count). The van der Waals surface area contributed by atoms with Crippen LogP contribution in [-0.2, 0) is 16.1 Å². The fourth-order valence-electron chi connectivity index (χ4n) is 3.47. The minimum atomic E-state index is -0.144. The van der Waals surface area contributed by atoms with Crippen LogP contribution in [0.5, 0.6) is 0 Å². The molecule has 0 aliphatic carbocycles. The van der Waals surface area contributed by atoms with Crippen LogP contribution in [0.3, 0.4) is 0 Å². The molecule has 6 heteroatoms. The first kappa shape index (κ1) is 15.8. The standard InChI is InChI=1S/C19H19N3O3/c23-18-13-25-17-12-21(19(24)15-8-4-5-9-20-15)11-16(17)22(18)10-14-6-2-1-3-7-14/h1-9,16-17H,10-13H2/t16-,17+/m1/s1. The van der Waals surface area contributed by atoms with Gasteiger partial charge in [-0.05, 0) is 17.7 Å². The van der Waals surface area contributed by atoms with Gasteiger partial charge in [-0.25, -0.2) is 0 Å². The highest BCUT2D eigenvalue weighted by Gasteiger charge is 2.44. The van der Waals surface area contributed by atoms with Gasteiger partial charge in [-0.1, -0.05) is 36.4 Å². The third kappa shape index (κ3) is 3.13. The summed E-state index contributed by atoms with van der Waals surface area (Å²) in [5.41, 5.74) is 1.49. The van der Waals surface area contributed by atoms with Crippen LogP contribution in [0.1, 0.15) is 16.1 Å². The molecule has 0 saturated carbocycles. The number of rotatable bonds is 3. The lowest BCUT2D eigenvalue weighted by molar-refractivity contribution is -0.153. The molecule has 2 saturated heterocycles. The van der Waals surface area contributed by atoms with Gasteiger partial charge in [-0.3, -0.25) is 14.6 Å². The average Bonchev–Trinajstić information content (AvgIpc) is 3.10. The Hall–Kier alpha value is -2.73.